The van der Waals surface area contributed by atoms with Gasteiger partial charge in [-0.05, 0) is 62.9 Å². The van der Waals surface area contributed by atoms with E-state index < -0.39 is 0 Å². The maximum Gasteiger partial charge on any atom is 0.255 e. The number of amides is 2. The van der Waals surface area contributed by atoms with Gasteiger partial charge in [0, 0.05) is 42.1 Å². The SMILES string of the molecule is CCC(C)NC(=O)c1cc(NC(=O)c2cc(OC)cc(OC)c2)ccc1N1CCCCC1. The van der Waals surface area contributed by atoms with Crippen molar-refractivity contribution in [2.75, 3.05) is 37.5 Å². The van der Waals surface area contributed by atoms with Crippen molar-refractivity contribution in [3.05, 3.63) is 47.5 Å². The molecule has 7 heteroatoms. The van der Waals surface area contributed by atoms with Crippen molar-refractivity contribution in [1.29, 1.82) is 0 Å². The van der Waals surface area contributed by atoms with Gasteiger partial charge in [-0.25, -0.2) is 0 Å². The minimum atomic E-state index is -0.304. The van der Waals surface area contributed by atoms with Gasteiger partial charge in [-0.2, -0.15) is 0 Å². The van der Waals surface area contributed by atoms with Crippen LogP contribution in [0.5, 0.6) is 11.5 Å². The number of anilines is 2. The molecule has 2 N–H and O–H groups in total. The fourth-order valence-corrected chi connectivity index (χ4v) is 3.75. The van der Waals surface area contributed by atoms with Crippen LogP contribution in [0.4, 0.5) is 11.4 Å². The highest BCUT2D eigenvalue weighted by Crippen LogP contribution is 2.28. The molecule has 2 amide bonds. The summed E-state index contributed by atoms with van der Waals surface area (Å²) in [7, 11) is 3.08. The van der Waals surface area contributed by atoms with E-state index in [0.29, 0.717) is 28.3 Å². The molecule has 0 aromatic heterocycles. The molecule has 1 aliphatic heterocycles. The number of nitrogens with one attached hydrogen (secondary N) is 2. The molecule has 2 aromatic rings. The highest BCUT2D eigenvalue weighted by Gasteiger charge is 2.21. The molecule has 0 saturated carbocycles. The molecule has 7 nitrogen and oxygen atoms in total. The molecule has 0 radical (unpaired) electrons. The van der Waals surface area contributed by atoms with Crippen molar-refractivity contribution >= 4 is 23.2 Å². The maximum absolute atomic E-state index is 13.1. The Morgan fingerprint density at radius 2 is 1.62 bits per heavy atom. The zero-order valence-electron chi connectivity index (χ0n) is 19.4. The van der Waals surface area contributed by atoms with Crippen LogP contribution < -0.4 is 25.0 Å². The number of benzene rings is 2. The Kier molecular flexibility index (Phi) is 7.98. The van der Waals surface area contributed by atoms with E-state index in [-0.39, 0.29) is 17.9 Å². The van der Waals surface area contributed by atoms with Gasteiger partial charge in [-0.15, -0.1) is 0 Å². The number of piperidine rings is 1. The predicted octanol–water partition coefficient (Wildman–Crippen LogP) is 4.47. The molecule has 1 saturated heterocycles. The summed E-state index contributed by atoms with van der Waals surface area (Å²) in [5.41, 5.74) is 2.46. The molecule has 2 aromatic carbocycles. The monoisotopic (exact) mass is 439 g/mol. The van der Waals surface area contributed by atoms with Crippen molar-refractivity contribution < 1.29 is 19.1 Å². The Balaban J connectivity index is 1.89. The van der Waals surface area contributed by atoms with Gasteiger partial charge in [0.25, 0.3) is 11.8 Å². The van der Waals surface area contributed by atoms with Crippen molar-refractivity contribution in [1.82, 2.24) is 5.32 Å². The van der Waals surface area contributed by atoms with Crippen LogP contribution in [0.25, 0.3) is 0 Å². The van der Waals surface area contributed by atoms with Crippen LogP contribution in [0.3, 0.4) is 0 Å². The third kappa shape index (κ3) is 5.72. The summed E-state index contributed by atoms with van der Waals surface area (Å²) < 4.78 is 10.5. The Bertz CT molecular complexity index is 932. The number of nitrogens with zero attached hydrogens (tertiary/aromatic N) is 1. The van der Waals surface area contributed by atoms with Crippen LogP contribution in [0.2, 0.25) is 0 Å². The fraction of sp³-hybridized carbons (Fsp3) is 0.440. The lowest BCUT2D eigenvalue weighted by molar-refractivity contribution is 0.0938. The van der Waals surface area contributed by atoms with Crippen molar-refractivity contribution in [2.24, 2.45) is 0 Å². The summed E-state index contributed by atoms with van der Waals surface area (Å²) in [5, 5.41) is 5.96. The highest BCUT2D eigenvalue weighted by atomic mass is 16.5. The molecule has 172 valence electrons. The quantitative estimate of drug-likeness (QED) is 0.634. The maximum atomic E-state index is 13.1. The Hall–Kier alpha value is -3.22. The number of carbonyl (C=O) groups excluding carboxylic acids is 2. The van der Waals surface area contributed by atoms with Crippen molar-refractivity contribution in [3.8, 4) is 11.5 Å². The number of hydrogen-bond acceptors (Lipinski definition) is 5. The zero-order chi connectivity index (χ0) is 23.1. The fourth-order valence-electron chi connectivity index (χ4n) is 3.75. The minimum absolute atomic E-state index is 0.0687. The van der Waals surface area contributed by atoms with E-state index in [1.165, 1.54) is 20.6 Å². The molecule has 32 heavy (non-hydrogen) atoms. The first-order valence-electron chi connectivity index (χ1n) is 11.2. The molecule has 1 atom stereocenters. The van der Waals surface area contributed by atoms with Crippen LogP contribution in [0, 0.1) is 0 Å². The van der Waals surface area contributed by atoms with Gasteiger partial charge < -0.3 is 25.0 Å². The first-order chi connectivity index (χ1) is 15.4. The third-order valence-electron chi connectivity index (χ3n) is 5.80. The number of carbonyl (C=O) groups is 2. The molecule has 1 fully saturated rings. The van der Waals surface area contributed by atoms with Gasteiger partial charge in [0.05, 0.1) is 19.8 Å². The normalized spacial score (nSPS) is 14.4. The lowest BCUT2D eigenvalue weighted by Crippen LogP contribution is -2.35. The third-order valence-corrected chi connectivity index (χ3v) is 5.80. The highest BCUT2D eigenvalue weighted by molar-refractivity contribution is 6.06. The molecule has 0 bridgehead atoms. The topological polar surface area (TPSA) is 79.9 Å². The molecular weight excluding hydrogens is 406 g/mol. The number of ether oxygens (including phenoxy) is 2. The smallest absolute Gasteiger partial charge is 0.255 e. The van der Waals surface area contributed by atoms with Gasteiger partial charge >= 0.3 is 0 Å². The predicted molar refractivity (Wildman–Crippen MR) is 127 cm³/mol. The van der Waals surface area contributed by atoms with E-state index in [4.69, 9.17) is 9.47 Å². The average molecular weight is 440 g/mol. The van der Waals surface area contributed by atoms with Crippen LogP contribution >= 0.6 is 0 Å². The van der Waals surface area contributed by atoms with Crippen LogP contribution in [-0.2, 0) is 0 Å². The van der Waals surface area contributed by atoms with E-state index in [2.05, 4.69) is 15.5 Å². The van der Waals surface area contributed by atoms with Crippen LogP contribution in [-0.4, -0.2) is 45.2 Å². The number of hydrogen-bond donors (Lipinski definition) is 2. The summed E-state index contributed by atoms with van der Waals surface area (Å²) in [5.74, 6) is 0.632. The zero-order valence-corrected chi connectivity index (χ0v) is 19.4. The van der Waals surface area contributed by atoms with E-state index in [1.54, 1.807) is 24.3 Å². The van der Waals surface area contributed by atoms with Gasteiger partial charge in [-0.1, -0.05) is 6.92 Å². The largest absolute Gasteiger partial charge is 0.497 e. The number of methoxy groups -OCH3 is 2. The summed E-state index contributed by atoms with van der Waals surface area (Å²) >= 11 is 0. The second-order valence-electron chi connectivity index (χ2n) is 8.12. The van der Waals surface area contributed by atoms with Gasteiger partial charge in [0.15, 0.2) is 0 Å². The van der Waals surface area contributed by atoms with Crippen molar-refractivity contribution in [2.45, 2.75) is 45.6 Å². The van der Waals surface area contributed by atoms with Gasteiger partial charge in [0.1, 0.15) is 11.5 Å². The van der Waals surface area contributed by atoms with Gasteiger partial charge in [0.2, 0.25) is 0 Å². The Morgan fingerprint density at radius 3 is 2.22 bits per heavy atom. The van der Waals surface area contributed by atoms with Gasteiger partial charge in [-0.3, -0.25) is 9.59 Å². The first-order valence-corrected chi connectivity index (χ1v) is 11.2. The van der Waals surface area contributed by atoms with E-state index in [0.717, 1.165) is 38.0 Å². The molecule has 0 aliphatic carbocycles. The Morgan fingerprint density at radius 1 is 0.969 bits per heavy atom. The molecule has 1 unspecified atom stereocenters. The average Bonchev–Trinajstić information content (AvgIpc) is 2.83. The summed E-state index contributed by atoms with van der Waals surface area (Å²) in [6.07, 6.45) is 4.28. The Labute approximate surface area is 190 Å². The second kappa shape index (κ2) is 10.9. The van der Waals surface area contributed by atoms with Crippen LogP contribution in [0.1, 0.15) is 60.2 Å². The standard InChI is InChI=1S/C25H33N3O4/c1-5-17(2)26-25(30)22-15-19(9-10-23(22)28-11-7-6-8-12-28)27-24(29)18-13-20(31-3)16-21(14-18)32-4/h9-10,13-17H,5-8,11-12H2,1-4H3,(H,26,30)(H,27,29). The molecule has 1 heterocycles. The lowest BCUT2D eigenvalue weighted by Gasteiger charge is -2.31. The van der Waals surface area contributed by atoms with E-state index >= 15 is 0 Å². The molecule has 0 spiro atoms. The van der Waals surface area contributed by atoms with Crippen molar-refractivity contribution in [3.63, 3.8) is 0 Å². The number of rotatable bonds is 8. The van der Waals surface area contributed by atoms with Crippen LogP contribution in [0.15, 0.2) is 36.4 Å². The van der Waals surface area contributed by atoms with E-state index in [1.807, 2.05) is 26.0 Å². The van der Waals surface area contributed by atoms with E-state index in [9.17, 15) is 9.59 Å². The molecule has 1 aliphatic rings. The summed E-state index contributed by atoms with van der Waals surface area (Å²) in [6.45, 7) is 5.88. The summed E-state index contributed by atoms with van der Waals surface area (Å²) in [4.78, 5) is 28.2. The minimum Gasteiger partial charge on any atom is -0.497 e. The second-order valence-corrected chi connectivity index (χ2v) is 8.12. The lowest BCUT2D eigenvalue weighted by atomic mass is 10.0. The molecular formula is C25H33N3O4. The first kappa shape index (κ1) is 23.4. The molecule has 3 rings (SSSR count). The summed E-state index contributed by atoms with van der Waals surface area (Å²) in [6, 6.07) is 10.6.